The summed E-state index contributed by atoms with van der Waals surface area (Å²) < 4.78 is 12.8. The van der Waals surface area contributed by atoms with Crippen LogP contribution in [0.25, 0.3) is 0 Å². The zero-order chi connectivity index (χ0) is 10.9. The third-order valence-corrected chi connectivity index (χ3v) is 5.06. The third-order valence-electron chi connectivity index (χ3n) is 5.06. The first-order valence-electron chi connectivity index (χ1n) is 6.76. The summed E-state index contributed by atoms with van der Waals surface area (Å²) in [5.74, 6) is 2.66. The first kappa shape index (κ1) is 11.4. The zero-order valence-corrected chi connectivity index (χ0v) is 10.3. The predicted octanol–water partition coefficient (Wildman–Crippen LogP) is 4.59. The fourth-order valence-corrected chi connectivity index (χ4v) is 3.34. The molecule has 2 unspecified atom stereocenters. The second-order valence-corrected chi connectivity index (χ2v) is 6.11. The molecule has 0 aliphatic heterocycles. The molecule has 0 spiro atoms. The monoisotopic (exact) mass is 212 g/mol. The highest BCUT2D eigenvalue weighted by atomic mass is 19.1. The zero-order valence-electron chi connectivity index (χ0n) is 10.3. The second kappa shape index (κ2) is 4.43. The maximum atomic E-state index is 12.8. The molecule has 2 aliphatic carbocycles. The van der Waals surface area contributed by atoms with Gasteiger partial charge in [0.05, 0.1) is 6.67 Å². The van der Waals surface area contributed by atoms with E-state index < -0.39 is 0 Å². The first-order valence-corrected chi connectivity index (χ1v) is 6.76. The van der Waals surface area contributed by atoms with E-state index in [0.29, 0.717) is 5.92 Å². The Morgan fingerprint density at radius 1 is 1.27 bits per heavy atom. The normalized spacial score (nSPS) is 43.8. The Kier molecular flexibility index (Phi) is 3.37. The quantitative estimate of drug-likeness (QED) is 0.604. The van der Waals surface area contributed by atoms with E-state index in [-0.39, 0.29) is 12.1 Å². The van der Waals surface area contributed by atoms with Crippen LogP contribution in [0.4, 0.5) is 4.39 Å². The van der Waals surface area contributed by atoms with E-state index in [2.05, 4.69) is 13.8 Å². The summed E-state index contributed by atoms with van der Waals surface area (Å²) in [6.07, 6.45) is 9.20. The molecule has 0 aromatic carbocycles. The Hall–Kier alpha value is -0.0700. The molecule has 0 heterocycles. The fourth-order valence-electron chi connectivity index (χ4n) is 3.34. The van der Waals surface area contributed by atoms with E-state index in [9.17, 15) is 4.39 Å². The van der Waals surface area contributed by atoms with Crippen molar-refractivity contribution >= 4 is 0 Å². The molecule has 0 aromatic rings. The van der Waals surface area contributed by atoms with Crippen LogP contribution in [-0.4, -0.2) is 6.67 Å². The minimum Gasteiger partial charge on any atom is -0.250 e. The summed E-state index contributed by atoms with van der Waals surface area (Å²) in [6.45, 7) is 4.43. The number of alkyl halides is 1. The largest absolute Gasteiger partial charge is 0.250 e. The van der Waals surface area contributed by atoms with Gasteiger partial charge in [-0.2, -0.15) is 0 Å². The molecule has 2 atom stereocenters. The molecular weight excluding hydrogens is 187 g/mol. The minimum absolute atomic E-state index is 0.0730. The Morgan fingerprint density at radius 2 is 1.93 bits per heavy atom. The van der Waals surface area contributed by atoms with E-state index in [4.69, 9.17) is 0 Å². The second-order valence-electron chi connectivity index (χ2n) is 6.11. The highest BCUT2D eigenvalue weighted by molar-refractivity contribution is 4.99. The van der Waals surface area contributed by atoms with Gasteiger partial charge in [-0.05, 0) is 43.4 Å². The number of hydrogen-bond acceptors (Lipinski definition) is 0. The van der Waals surface area contributed by atoms with Crippen molar-refractivity contribution in [3.05, 3.63) is 0 Å². The van der Waals surface area contributed by atoms with Crippen molar-refractivity contribution in [3.63, 3.8) is 0 Å². The maximum absolute atomic E-state index is 12.8. The molecule has 2 saturated carbocycles. The van der Waals surface area contributed by atoms with Gasteiger partial charge in [0.15, 0.2) is 0 Å². The van der Waals surface area contributed by atoms with Crippen LogP contribution < -0.4 is 0 Å². The summed E-state index contributed by atoms with van der Waals surface area (Å²) >= 11 is 0. The molecule has 0 bridgehead atoms. The van der Waals surface area contributed by atoms with Crippen molar-refractivity contribution in [1.29, 1.82) is 0 Å². The van der Waals surface area contributed by atoms with Crippen molar-refractivity contribution < 1.29 is 4.39 Å². The molecule has 0 amide bonds. The lowest BCUT2D eigenvalue weighted by atomic mass is 9.71. The van der Waals surface area contributed by atoms with Crippen molar-refractivity contribution in [2.24, 2.45) is 23.2 Å². The van der Waals surface area contributed by atoms with E-state index in [0.717, 1.165) is 24.7 Å². The van der Waals surface area contributed by atoms with Gasteiger partial charge in [0, 0.05) is 5.41 Å². The van der Waals surface area contributed by atoms with Crippen molar-refractivity contribution in [3.8, 4) is 0 Å². The van der Waals surface area contributed by atoms with Crippen molar-refractivity contribution in [1.82, 2.24) is 0 Å². The SMILES string of the molecule is CCC1CC(CCCC2(CF)CC2C)C1. The van der Waals surface area contributed by atoms with Crippen LogP contribution in [0.15, 0.2) is 0 Å². The Bertz CT molecular complexity index is 203. The van der Waals surface area contributed by atoms with Gasteiger partial charge in [-0.15, -0.1) is 0 Å². The van der Waals surface area contributed by atoms with Gasteiger partial charge in [0.2, 0.25) is 0 Å². The van der Waals surface area contributed by atoms with Gasteiger partial charge in [-0.3, -0.25) is 4.39 Å². The van der Waals surface area contributed by atoms with Crippen LogP contribution in [-0.2, 0) is 0 Å². The molecule has 88 valence electrons. The average Bonchev–Trinajstić information content (AvgIpc) is 2.82. The fraction of sp³-hybridized carbons (Fsp3) is 1.00. The van der Waals surface area contributed by atoms with Crippen molar-refractivity contribution in [2.45, 2.75) is 58.8 Å². The lowest BCUT2D eigenvalue weighted by molar-refractivity contribution is 0.166. The van der Waals surface area contributed by atoms with Crippen LogP contribution in [0.2, 0.25) is 0 Å². The first-order chi connectivity index (χ1) is 7.20. The molecule has 0 aromatic heterocycles. The molecule has 0 radical (unpaired) electrons. The predicted molar refractivity (Wildman–Crippen MR) is 62.5 cm³/mol. The van der Waals surface area contributed by atoms with Gasteiger partial charge in [-0.1, -0.05) is 33.1 Å². The average molecular weight is 212 g/mol. The molecule has 0 nitrogen and oxygen atoms in total. The van der Waals surface area contributed by atoms with Crippen LogP contribution in [0.3, 0.4) is 0 Å². The van der Waals surface area contributed by atoms with Crippen LogP contribution in [0.1, 0.15) is 58.8 Å². The van der Waals surface area contributed by atoms with Gasteiger partial charge in [-0.25, -0.2) is 0 Å². The van der Waals surface area contributed by atoms with Gasteiger partial charge in [0.25, 0.3) is 0 Å². The topological polar surface area (TPSA) is 0 Å². The lowest BCUT2D eigenvalue weighted by Crippen LogP contribution is -2.23. The van der Waals surface area contributed by atoms with E-state index in [1.54, 1.807) is 0 Å². The molecule has 1 heteroatoms. The summed E-state index contributed by atoms with van der Waals surface area (Å²) in [4.78, 5) is 0. The van der Waals surface area contributed by atoms with Crippen LogP contribution in [0.5, 0.6) is 0 Å². The van der Waals surface area contributed by atoms with Crippen LogP contribution >= 0.6 is 0 Å². The smallest absolute Gasteiger partial charge is 0.0953 e. The number of hydrogen-bond donors (Lipinski definition) is 0. The molecular formula is C14H25F. The Balaban J connectivity index is 1.56. The summed E-state index contributed by atoms with van der Waals surface area (Å²) in [7, 11) is 0. The van der Waals surface area contributed by atoms with Gasteiger partial charge >= 0.3 is 0 Å². The molecule has 2 fully saturated rings. The standard InChI is InChI=1S/C14H25F/c1-3-12-7-13(8-12)5-4-6-14(10-15)9-11(14)2/h11-13H,3-10H2,1-2H3. The van der Waals surface area contributed by atoms with E-state index in [1.165, 1.54) is 32.1 Å². The Morgan fingerprint density at radius 3 is 2.40 bits per heavy atom. The Labute approximate surface area is 93.6 Å². The van der Waals surface area contributed by atoms with E-state index in [1.807, 2.05) is 0 Å². The molecule has 2 aliphatic rings. The highest BCUT2D eigenvalue weighted by Crippen LogP contribution is 2.56. The molecule has 2 rings (SSSR count). The summed E-state index contributed by atoms with van der Waals surface area (Å²) in [5.41, 5.74) is 0.133. The summed E-state index contributed by atoms with van der Waals surface area (Å²) in [6, 6.07) is 0. The number of halogens is 1. The van der Waals surface area contributed by atoms with Crippen LogP contribution in [0, 0.1) is 23.2 Å². The third kappa shape index (κ3) is 2.37. The molecule has 0 N–H and O–H groups in total. The molecule has 0 saturated heterocycles. The molecule has 15 heavy (non-hydrogen) atoms. The maximum Gasteiger partial charge on any atom is 0.0953 e. The minimum atomic E-state index is -0.0730. The van der Waals surface area contributed by atoms with Gasteiger partial charge < -0.3 is 0 Å². The highest BCUT2D eigenvalue weighted by Gasteiger charge is 2.50. The van der Waals surface area contributed by atoms with E-state index >= 15 is 0 Å². The van der Waals surface area contributed by atoms with Gasteiger partial charge in [0.1, 0.15) is 0 Å². The number of rotatable bonds is 6. The summed E-state index contributed by atoms with van der Waals surface area (Å²) in [5, 5.41) is 0. The lowest BCUT2D eigenvalue weighted by Gasteiger charge is -2.35. The van der Waals surface area contributed by atoms with Crippen molar-refractivity contribution in [2.75, 3.05) is 6.67 Å².